The van der Waals surface area contributed by atoms with Gasteiger partial charge in [0.05, 0.1) is 26.8 Å². The van der Waals surface area contributed by atoms with Gasteiger partial charge in [-0.25, -0.2) is 4.98 Å². The molecule has 6 nitrogen and oxygen atoms in total. The molecule has 164 valence electrons. The van der Waals surface area contributed by atoms with E-state index in [0.717, 1.165) is 21.4 Å². The molecule has 0 unspecified atom stereocenters. The van der Waals surface area contributed by atoms with Crippen molar-refractivity contribution in [1.29, 1.82) is 0 Å². The number of rotatable bonds is 9. The largest absolute Gasteiger partial charge is 0.493 e. The highest BCUT2D eigenvalue weighted by Gasteiger charge is 2.15. The summed E-state index contributed by atoms with van der Waals surface area (Å²) in [4.78, 5) is 17.8. The zero-order valence-electron chi connectivity index (χ0n) is 17.9. The highest BCUT2D eigenvalue weighted by Crippen LogP contribution is 2.38. The minimum Gasteiger partial charge on any atom is -0.493 e. The smallest absolute Gasteiger partial charge is 0.306 e. The van der Waals surface area contributed by atoms with E-state index >= 15 is 0 Å². The van der Waals surface area contributed by atoms with Gasteiger partial charge in [0, 0.05) is 22.3 Å². The molecule has 0 N–H and O–H groups in total. The van der Waals surface area contributed by atoms with Gasteiger partial charge in [-0.05, 0) is 48.6 Å². The zero-order valence-corrected chi connectivity index (χ0v) is 19.4. The number of hydrogen-bond donors (Lipinski definition) is 0. The lowest BCUT2D eigenvalue weighted by molar-refractivity contribution is -0.144. The number of benzene rings is 2. The van der Waals surface area contributed by atoms with Crippen LogP contribution in [-0.4, -0.2) is 38.5 Å². The molecular weight excluding hydrogens is 438 g/mol. The molecule has 0 saturated heterocycles. The van der Waals surface area contributed by atoms with Crippen LogP contribution in [0.3, 0.4) is 0 Å². The highest BCUT2D eigenvalue weighted by atomic mass is 35.5. The second-order valence-electron chi connectivity index (χ2n) is 6.69. The summed E-state index contributed by atoms with van der Waals surface area (Å²) < 4.78 is 21.4. The number of aryl methyl sites for hydroxylation is 1. The molecule has 8 heteroatoms. The average molecular weight is 462 g/mol. The van der Waals surface area contributed by atoms with Crippen molar-refractivity contribution < 1.29 is 23.7 Å². The summed E-state index contributed by atoms with van der Waals surface area (Å²) in [6, 6.07) is 11.5. The number of ether oxygens (including phenoxy) is 4. The van der Waals surface area contributed by atoms with Crippen LogP contribution < -0.4 is 14.2 Å². The summed E-state index contributed by atoms with van der Waals surface area (Å²) in [5.41, 5.74) is 2.36. The van der Waals surface area contributed by atoms with Crippen LogP contribution in [0.15, 0.2) is 41.3 Å². The van der Waals surface area contributed by atoms with Gasteiger partial charge >= 0.3 is 5.97 Å². The number of methoxy groups -OCH3 is 3. The maximum atomic E-state index is 12.3. The highest BCUT2D eigenvalue weighted by molar-refractivity contribution is 7.98. The number of aromatic nitrogens is 1. The van der Waals surface area contributed by atoms with Gasteiger partial charge < -0.3 is 18.9 Å². The van der Waals surface area contributed by atoms with Gasteiger partial charge in [-0.1, -0.05) is 17.7 Å². The molecule has 0 radical (unpaired) electrons. The number of esters is 1. The van der Waals surface area contributed by atoms with E-state index in [1.54, 1.807) is 33.1 Å². The quantitative estimate of drug-likeness (QED) is 0.243. The van der Waals surface area contributed by atoms with E-state index in [2.05, 4.69) is 4.98 Å². The van der Waals surface area contributed by atoms with E-state index in [9.17, 15) is 4.79 Å². The number of thioether (sulfide) groups is 1. The molecule has 0 amide bonds. The van der Waals surface area contributed by atoms with Gasteiger partial charge in [-0.15, -0.1) is 11.8 Å². The van der Waals surface area contributed by atoms with E-state index in [-0.39, 0.29) is 19.0 Å². The molecule has 0 spiro atoms. The Labute approximate surface area is 190 Å². The van der Waals surface area contributed by atoms with E-state index < -0.39 is 0 Å². The van der Waals surface area contributed by atoms with Crippen molar-refractivity contribution >= 4 is 40.2 Å². The van der Waals surface area contributed by atoms with Gasteiger partial charge in [0.2, 0.25) is 5.75 Å². The van der Waals surface area contributed by atoms with Crippen LogP contribution in [0, 0.1) is 0 Å². The lowest BCUT2D eigenvalue weighted by atomic mass is 10.1. The van der Waals surface area contributed by atoms with Crippen molar-refractivity contribution in [3.63, 3.8) is 0 Å². The number of nitrogens with zero attached hydrogens (tertiary/aromatic N) is 1. The number of carbonyl (C=O) groups excluding carboxylic acids is 1. The third kappa shape index (κ3) is 5.54. The summed E-state index contributed by atoms with van der Waals surface area (Å²) >= 11 is 7.94. The van der Waals surface area contributed by atoms with Crippen LogP contribution in [0.4, 0.5) is 0 Å². The fraction of sp³-hybridized carbons (Fsp3) is 0.304. The molecule has 0 aliphatic heterocycles. The molecule has 0 aliphatic rings. The minimum atomic E-state index is -0.331. The summed E-state index contributed by atoms with van der Waals surface area (Å²) in [7, 11) is 4.66. The molecule has 0 fully saturated rings. The number of pyridine rings is 1. The Balaban J connectivity index is 1.64. The maximum Gasteiger partial charge on any atom is 0.306 e. The van der Waals surface area contributed by atoms with Crippen molar-refractivity contribution in [2.45, 2.75) is 24.3 Å². The fourth-order valence-corrected chi connectivity index (χ4v) is 3.79. The molecule has 0 saturated carbocycles. The summed E-state index contributed by atoms with van der Waals surface area (Å²) in [5.74, 6) is 1.27. The molecule has 3 rings (SSSR count). The number of fused-ring (bicyclic) bond motifs is 1. The van der Waals surface area contributed by atoms with Gasteiger partial charge in [-0.2, -0.15) is 0 Å². The fourth-order valence-electron chi connectivity index (χ4n) is 3.15. The molecule has 3 aromatic rings. The van der Waals surface area contributed by atoms with Gasteiger partial charge in [0.25, 0.3) is 0 Å². The third-order valence-electron chi connectivity index (χ3n) is 4.78. The van der Waals surface area contributed by atoms with Gasteiger partial charge in [0.15, 0.2) is 11.5 Å². The van der Waals surface area contributed by atoms with Crippen LogP contribution in [-0.2, 0) is 22.6 Å². The summed E-state index contributed by atoms with van der Waals surface area (Å²) in [6.45, 7) is 0.0696. The third-order valence-corrected chi connectivity index (χ3v) is 5.83. The summed E-state index contributed by atoms with van der Waals surface area (Å²) in [6.07, 6.45) is 2.68. The molecule has 1 heterocycles. The predicted molar refractivity (Wildman–Crippen MR) is 123 cm³/mol. The van der Waals surface area contributed by atoms with Crippen LogP contribution in [0.25, 0.3) is 10.9 Å². The Bertz CT molecular complexity index is 1060. The first-order chi connectivity index (χ1) is 15.0. The van der Waals surface area contributed by atoms with Crippen LogP contribution in [0.2, 0.25) is 5.15 Å². The zero-order chi connectivity index (χ0) is 22.4. The normalized spacial score (nSPS) is 10.7. The van der Waals surface area contributed by atoms with Crippen LogP contribution in [0.1, 0.15) is 17.5 Å². The topological polar surface area (TPSA) is 66.9 Å². The van der Waals surface area contributed by atoms with E-state index in [1.165, 1.54) is 0 Å². The van der Waals surface area contributed by atoms with Crippen LogP contribution >= 0.6 is 23.4 Å². The Morgan fingerprint density at radius 1 is 1.03 bits per heavy atom. The first-order valence-electron chi connectivity index (χ1n) is 9.56. The Hall–Kier alpha value is -2.64. The Morgan fingerprint density at radius 2 is 1.74 bits per heavy atom. The minimum absolute atomic E-state index is 0.0696. The molecule has 1 aromatic heterocycles. The van der Waals surface area contributed by atoms with Crippen LogP contribution in [0.5, 0.6) is 17.2 Å². The number of carbonyl (C=O) groups is 1. The molecular formula is C23H24ClNO5S. The maximum absolute atomic E-state index is 12.3. The van der Waals surface area contributed by atoms with E-state index in [4.69, 9.17) is 30.5 Å². The number of hydrogen-bond acceptors (Lipinski definition) is 7. The average Bonchev–Trinajstić information content (AvgIpc) is 2.79. The first-order valence-corrected chi connectivity index (χ1v) is 11.2. The van der Waals surface area contributed by atoms with Crippen molar-refractivity contribution in [3.05, 3.63) is 52.7 Å². The molecule has 0 aliphatic carbocycles. The lowest BCUT2D eigenvalue weighted by Gasteiger charge is -2.14. The second kappa shape index (κ2) is 10.6. The van der Waals surface area contributed by atoms with Gasteiger partial charge in [0.1, 0.15) is 11.8 Å². The monoisotopic (exact) mass is 461 g/mol. The summed E-state index contributed by atoms with van der Waals surface area (Å²) in [5, 5.41) is 1.29. The van der Waals surface area contributed by atoms with Crippen molar-refractivity contribution in [3.8, 4) is 17.2 Å². The second-order valence-corrected chi connectivity index (χ2v) is 7.93. The standard InChI is InChI=1S/C23H24ClNO5S/c1-27-19-9-14(10-20(28-2)22(19)29-3)5-8-21(26)30-13-16-11-15-6-7-17(31-4)12-18(15)25-23(16)24/h6-7,9-12H,5,8,13H2,1-4H3. The predicted octanol–water partition coefficient (Wildman–Crippen LogP) is 5.31. The van der Waals surface area contributed by atoms with Crippen molar-refractivity contribution in [2.75, 3.05) is 27.6 Å². The SMILES string of the molecule is COc1cc(CCC(=O)OCc2cc3ccc(SC)cc3nc2Cl)cc(OC)c1OC. The lowest BCUT2D eigenvalue weighted by Crippen LogP contribution is -2.07. The van der Waals surface area contributed by atoms with Crippen molar-refractivity contribution in [1.82, 2.24) is 4.98 Å². The molecule has 0 bridgehead atoms. The van der Waals surface area contributed by atoms with Gasteiger partial charge in [-0.3, -0.25) is 4.79 Å². The van der Waals surface area contributed by atoms with Crippen molar-refractivity contribution in [2.24, 2.45) is 0 Å². The first kappa shape index (κ1) is 23.0. The number of halogens is 1. The Kier molecular flexibility index (Phi) is 7.87. The van der Waals surface area contributed by atoms with E-state index in [0.29, 0.717) is 34.4 Å². The van der Waals surface area contributed by atoms with E-state index in [1.807, 2.05) is 42.7 Å². The Morgan fingerprint density at radius 3 is 2.35 bits per heavy atom. The molecule has 0 atom stereocenters. The molecule has 31 heavy (non-hydrogen) atoms. The molecule has 2 aromatic carbocycles.